The smallest absolute Gasteiger partial charge is 0.304 e. The van der Waals surface area contributed by atoms with E-state index in [-0.39, 0.29) is 24.0 Å². The van der Waals surface area contributed by atoms with Crippen LogP contribution in [0.2, 0.25) is 0 Å². The Morgan fingerprint density at radius 1 is 1.18 bits per heavy atom. The predicted molar refractivity (Wildman–Crippen MR) is 114 cm³/mol. The molecule has 0 saturated heterocycles. The fourth-order valence-electron chi connectivity index (χ4n) is 4.31. The highest BCUT2D eigenvalue weighted by atomic mass is 19.1. The number of benzene rings is 2. The monoisotopic (exact) mass is 452 g/mol. The van der Waals surface area contributed by atoms with Gasteiger partial charge in [0.15, 0.2) is 0 Å². The van der Waals surface area contributed by atoms with Crippen LogP contribution in [0.1, 0.15) is 41.6 Å². The third kappa shape index (κ3) is 4.13. The van der Waals surface area contributed by atoms with E-state index in [0.717, 1.165) is 11.1 Å². The van der Waals surface area contributed by atoms with E-state index >= 15 is 0 Å². The van der Waals surface area contributed by atoms with Crippen LogP contribution in [0.4, 0.5) is 4.39 Å². The molecule has 170 valence electrons. The van der Waals surface area contributed by atoms with Crippen LogP contribution in [-0.2, 0) is 11.2 Å². The molecule has 1 aliphatic heterocycles. The molecule has 2 aliphatic rings. The standard InChI is InChI=1S/C24H21FN2O6/c1-30-21-8-9-22(27-26-21)33-18-7-5-17(25)24-16(18)4-6-19(24)32-14-2-3-15-13(10-23(28)29)12-31-20(15)11-14/h2-3,5,7-9,11,13,19H,4,6,10,12H2,1H3,(H,28,29)/t13?,19-/m1/s1. The number of methoxy groups -OCH3 is 1. The van der Waals surface area contributed by atoms with Crippen LogP contribution in [-0.4, -0.2) is 35.0 Å². The summed E-state index contributed by atoms with van der Waals surface area (Å²) in [6, 6.07) is 11.5. The van der Waals surface area contributed by atoms with Crippen LogP contribution in [0.25, 0.3) is 0 Å². The van der Waals surface area contributed by atoms with Gasteiger partial charge in [-0.3, -0.25) is 4.79 Å². The molecule has 33 heavy (non-hydrogen) atoms. The van der Waals surface area contributed by atoms with Crippen molar-refractivity contribution in [3.05, 3.63) is 65.0 Å². The number of ether oxygens (including phenoxy) is 4. The second-order valence-corrected chi connectivity index (χ2v) is 7.90. The first-order valence-electron chi connectivity index (χ1n) is 10.5. The van der Waals surface area contributed by atoms with Crippen LogP contribution in [0.15, 0.2) is 42.5 Å². The van der Waals surface area contributed by atoms with Gasteiger partial charge in [0.05, 0.1) is 20.1 Å². The van der Waals surface area contributed by atoms with E-state index in [2.05, 4.69) is 10.2 Å². The van der Waals surface area contributed by atoms with Crippen LogP contribution < -0.4 is 18.9 Å². The van der Waals surface area contributed by atoms with Crippen molar-refractivity contribution < 1.29 is 33.2 Å². The summed E-state index contributed by atoms with van der Waals surface area (Å²) in [5.41, 5.74) is 2.04. The van der Waals surface area contributed by atoms with Gasteiger partial charge >= 0.3 is 5.97 Å². The van der Waals surface area contributed by atoms with Gasteiger partial charge in [0.25, 0.3) is 0 Å². The Labute approximate surface area is 188 Å². The van der Waals surface area contributed by atoms with Gasteiger partial charge in [0.2, 0.25) is 11.8 Å². The lowest BCUT2D eigenvalue weighted by atomic mass is 9.98. The molecule has 0 spiro atoms. The molecule has 2 aromatic carbocycles. The van der Waals surface area contributed by atoms with E-state index in [1.807, 2.05) is 6.07 Å². The Morgan fingerprint density at radius 3 is 2.76 bits per heavy atom. The Balaban J connectivity index is 1.36. The molecule has 2 atom stereocenters. The van der Waals surface area contributed by atoms with Crippen molar-refractivity contribution >= 4 is 5.97 Å². The van der Waals surface area contributed by atoms with Gasteiger partial charge in [-0.2, -0.15) is 0 Å². The van der Waals surface area contributed by atoms with Gasteiger partial charge < -0.3 is 24.1 Å². The van der Waals surface area contributed by atoms with Crippen LogP contribution in [0, 0.1) is 5.82 Å². The highest BCUT2D eigenvalue weighted by Crippen LogP contribution is 2.44. The Kier molecular flexibility index (Phi) is 5.45. The van der Waals surface area contributed by atoms with Gasteiger partial charge in [-0.25, -0.2) is 4.39 Å². The second kappa shape index (κ2) is 8.57. The summed E-state index contributed by atoms with van der Waals surface area (Å²) < 4.78 is 37.4. The summed E-state index contributed by atoms with van der Waals surface area (Å²) >= 11 is 0. The SMILES string of the molecule is COc1ccc(Oc2ccc(F)c3c2CC[C@H]3Oc2ccc3c(c2)OCC3CC(=O)O)nn1. The molecule has 2 heterocycles. The summed E-state index contributed by atoms with van der Waals surface area (Å²) in [7, 11) is 1.50. The van der Waals surface area contributed by atoms with Crippen molar-refractivity contribution in [3.63, 3.8) is 0 Å². The molecule has 3 aromatic rings. The minimum absolute atomic E-state index is 0.00969. The maximum absolute atomic E-state index is 14.8. The highest BCUT2D eigenvalue weighted by Gasteiger charge is 2.32. The molecule has 0 saturated carbocycles. The number of halogens is 1. The lowest BCUT2D eigenvalue weighted by Crippen LogP contribution is -2.07. The van der Waals surface area contributed by atoms with Crippen molar-refractivity contribution in [2.75, 3.05) is 13.7 Å². The minimum Gasteiger partial charge on any atom is -0.492 e. The normalized spacial score (nSPS) is 18.2. The third-order valence-electron chi connectivity index (χ3n) is 5.84. The number of hydrogen-bond acceptors (Lipinski definition) is 7. The first-order chi connectivity index (χ1) is 16.0. The van der Waals surface area contributed by atoms with Crippen molar-refractivity contribution in [1.29, 1.82) is 0 Å². The van der Waals surface area contributed by atoms with Gasteiger partial charge in [0, 0.05) is 40.8 Å². The summed E-state index contributed by atoms with van der Waals surface area (Å²) in [5, 5.41) is 16.9. The number of carboxylic acids is 1. The van der Waals surface area contributed by atoms with Gasteiger partial charge in [-0.1, -0.05) is 6.07 Å². The van der Waals surface area contributed by atoms with Crippen LogP contribution >= 0.6 is 0 Å². The lowest BCUT2D eigenvalue weighted by Gasteiger charge is -2.17. The quantitative estimate of drug-likeness (QED) is 0.562. The van der Waals surface area contributed by atoms with Gasteiger partial charge in [-0.05, 0) is 31.0 Å². The molecule has 5 rings (SSSR count). The van der Waals surface area contributed by atoms with E-state index in [0.29, 0.717) is 48.1 Å². The van der Waals surface area contributed by atoms with Crippen LogP contribution in [0.5, 0.6) is 29.0 Å². The number of nitrogens with zero attached hydrogens (tertiary/aromatic N) is 2. The van der Waals surface area contributed by atoms with Crippen molar-refractivity contribution in [3.8, 4) is 29.0 Å². The Morgan fingerprint density at radius 2 is 2.00 bits per heavy atom. The predicted octanol–water partition coefficient (Wildman–Crippen LogP) is 4.43. The molecule has 1 unspecified atom stereocenters. The average molecular weight is 452 g/mol. The summed E-state index contributed by atoms with van der Waals surface area (Å²) in [6.45, 7) is 0.320. The number of rotatable bonds is 7. The number of aliphatic carboxylic acids is 1. The molecule has 0 fully saturated rings. The zero-order valence-electron chi connectivity index (χ0n) is 17.8. The number of aromatic nitrogens is 2. The summed E-state index contributed by atoms with van der Waals surface area (Å²) in [4.78, 5) is 11.0. The Bertz CT molecular complexity index is 1200. The molecule has 0 amide bonds. The van der Waals surface area contributed by atoms with Crippen LogP contribution in [0.3, 0.4) is 0 Å². The number of carboxylic acid groups (broad SMARTS) is 1. The second-order valence-electron chi connectivity index (χ2n) is 7.90. The van der Waals surface area contributed by atoms with Gasteiger partial charge in [0.1, 0.15) is 29.2 Å². The van der Waals surface area contributed by atoms with Crippen molar-refractivity contribution in [1.82, 2.24) is 10.2 Å². The number of hydrogen-bond donors (Lipinski definition) is 1. The zero-order valence-corrected chi connectivity index (χ0v) is 17.8. The molecule has 9 heteroatoms. The summed E-state index contributed by atoms with van der Waals surface area (Å²) in [5.74, 6) is 0.881. The average Bonchev–Trinajstić information content (AvgIpc) is 3.41. The molecule has 8 nitrogen and oxygen atoms in total. The summed E-state index contributed by atoms with van der Waals surface area (Å²) in [6.07, 6.45) is 0.689. The molecule has 1 aromatic heterocycles. The van der Waals surface area contributed by atoms with Gasteiger partial charge in [-0.15, -0.1) is 10.2 Å². The van der Waals surface area contributed by atoms with Crippen molar-refractivity contribution in [2.45, 2.75) is 31.3 Å². The first-order valence-corrected chi connectivity index (χ1v) is 10.5. The highest BCUT2D eigenvalue weighted by molar-refractivity contribution is 5.68. The van der Waals surface area contributed by atoms with E-state index in [1.54, 1.807) is 30.3 Å². The largest absolute Gasteiger partial charge is 0.492 e. The maximum Gasteiger partial charge on any atom is 0.304 e. The van der Waals surface area contributed by atoms with E-state index in [4.69, 9.17) is 24.1 Å². The van der Waals surface area contributed by atoms with E-state index in [9.17, 15) is 9.18 Å². The maximum atomic E-state index is 14.8. The van der Waals surface area contributed by atoms with Crippen molar-refractivity contribution in [2.24, 2.45) is 0 Å². The molecular weight excluding hydrogens is 431 g/mol. The number of carbonyl (C=O) groups is 1. The fraction of sp³-hybridized carbons (Fsp3) is 0.292. The third-order valence-corrected chi connectivity index (χ3v) is 5.84. The molecular formula is C24H21FN2O6. The molecule has 0 bridgehead atoms. The molecule has 0 radical (unpaired) electrons. The fourth-order valence-corrected chi connectivity index (χ4v) is 4.31. The van der Waals surface area contributed by atoms with E-state index < -0.39 is 12.1 Å². The minimum atomic E-state index is -0.867. The van der Waals surface area contributed by atoms with E-state index in [1.165, 1.54) is 13.2 Å². The lowest BCUT2D eigenvalue weighted by molar-refractivity contribution is -0.137. The molecule has 1 aliphatic carbocycles. The first kappa shape index (κ1) is 21.0. The zero-order chi connectivity index (χ0) is 22.9. The number of fused-ring (bicyclic) bond motifs is 2. The topological polar surface area (TPSA) is 100 Å². The Hall–Kier alpha value is -3.88. The molecule has 1 N–H and O–H groups in total.